The Hall–Kier alpha value is -1.84. The molecule has 2 rings (SSSR count). The Morgan fingerprint density at radius 1 is 1.00 bits per heavy atom. The summed E-state index contributed by atoms with van der Waals surface area (Å²) in [6.45, 7) is 5.26. The van der Waals surface area contributed by atoms with E-state index in [0.717, 1.165) is 23.4 Å². The second kappa shape index (κ2) is 7.97. The van der Waals surface area contributed by atoms with Gasteiger partial charge in [-0.05, 0) is 41.7 Å². The Labute approximate surface area is 133 Å². The maximum absolute atomic E-state index is 9.38. The van der Waals surface area contributed by atoms with E-state index in [1.54, 1.807) is 7.11 Å². The van der Waals surface area contributed by atoms with Crippen LogP contribution in [0.5, 0.6) is 5.75 Å². The minimum Gasteiger partial charge on any atom is -0.497 e. The van der Waals surface area contributed by atoms with E-state index in [2.05, 4.69) is 37.4 Å². The highest BCUT2D eigenvalue weighted by molar-refractivity contribution is 5.30. The lowest BCUT2D eigenvalue weighted by molar-refractivity contribution is 0.280. The molecule has 0 saturated heterocycles. The molecule has 118 valence electrons. The maximum Gasteiger partial charge on any atom is 0.118 e. The normalized spacial score (nSPS) is 13.6. The molecule has 2 atom stereocenters. The Morgan fingerprint density at radius 3 is 2.23 bits per heavy atom. The van der Waals surface area contributed by atoms with Gasteiger partial charge in [-0.2, -0.15) is 0 Å². The van der Waals surface area contributed by atoms with Gasteiger partial charge in [0.2, 0.25) is 0 Å². The molecule has 0 heterocycles. The fourth-order valence-electron chi connectivity index (χ4n) is 2.53. The third-order valence-electron chi connectivity index (χ3n) is 4.29. The van der Waals surface area contributed by atoms with Crippen LogP contribution in [0.4, 0.5) is 0 Å². The highest BCUT2D eigenvalue weighted by Crippen LogP contribution is 2.22. The van der Waals surface area contributed by atoms with Crippen LogP contribution in [0.3, 0.4) is 0 Å². The number of aliphatic hydroxyl groups excluding tert-OH is 1. The van der Waals surface area contributed by atoms with E-state index in [4.69, 9.17) is 4.74 Å². The van der Waals surface area contributed by atoms with E-state index in [9.17, 15) is 5.11 Å². The quantitative estimate of drug-likeness (QED) is 0.822. The van der Waals surface area contributed by atoms with Gasteiger partial charge < -0.3 is 15.2 Å². The third kappa shape index (κ3) is 4.09. The van der Waals surface area contributed by atoms with E-state index in [0.29, 0.717) is 12.0 Å². The first-order valence-electron chi connectivity index (χ1n) is 7.70. The zero-order valence-corrected chi connectivity index (χ0v) is 13.5. The van der Waals surface area contributed by atoms with Crippen LogP contribution < -0.4 is 10.1 Å². The summed E-state index contributed by atoms with van der Waals surface area (Å²) in [6.07, 6.45) is 0. The molecular weight excluding hydrogens is 274 g/mol. The topological polar surface area (TPSA) is 41.5 Å². The van der Waals surface area contributed by atoms with Gasteiger partial charge in [-0.15, -0.1) is 0 Å². The number of nitrogens with one attached hydrogen (secondary N) is 1. The molecule has 0 aliphatic carbocycles. The molecule has 3 heteroatoms. The average Bonchev–Trinajstić information content (AvgIpc) is 2.59. The number of methoxy groups -OCH3 is 1. The predicted octanol–water partition coefficient (Wildman–Crippen LogP) is 3.47. The largest absolute Gasteiger partial charge is 0.497 e. The molecule has 22 heavy (non-hydrogen) atoms. The molecule has 0 aliphatic rings. The molecule has 0 radical (unpaired) electrons. The molecule has 0 amide bonds. The van der Waals surface area contributed by atoms with Crippen LogP contribution in [0.15, 0.2) is 48.5 Å². The van der Waals surface area contributed by atoms with Crippen molar-refractivity contribution in [2.45, 2.75) is 39.0 Å². The van der Waals surface area contributed by atoms with E-state index < -0.39 is 0 Å². The lowest BCUT2D eigenvalue weighted by atomic mass is 9.94. The fourth-order valence-corrected chi connectivity index (χ4v) is 2.53. The Morgan fingerprint density at radius 2 is 1.64 bits per heavy atom. The average molecular weight is 299 g/mol. The second-order valence-electron chi connectivity index (χ2n) is 5.66. The molecule has 2 aromatic rings. The van der Waals surface area contributed by atoms with Crippen LogP contribution in [0.25, 0.3) is 0 Å². The van der Waals surface area contributed by atoms with Gasteiger partial charge in [0.25, 0.3) is 0 Å². The first-order chi connectivity index (χ1) is 10.7. The van der Waals surface area contributed by atoms with Gasteiger partial charge in [0.05, 0.1) is 13.7 Å². The van der Waals surface area contributed by atoms with Crippen LogP contribution in [0.2, 0.25) is 0 Å². The zero-order valence-electron chi connectivity index (χ0n) is 13.5. The van der Waals surface area contributed by atoms with Gasteiger partial charge in [0.15, 0.2) is 0 Å². The van der Waals surface area contributed by atoms with E-state index in [-0.39, 0.29) is 6.61 Å². The van der Waals surface area contributed by atoms with Crippen molar-refractivity contribution in [1.82, 2.24) is 5.32 Å². The first kappa shape index (κ1) is 16.5. The fraction of sp³-hybridized carbons (Fsp3) is 0.368. The lowest BCUT2D eigenvalue weighted by Crippen LogP contribution is -2.30. The Balaban J connectivity index is 1.97. The number of rotatable bonds is 7. The summed E-state index contributed by atoms with van der Waals surface area (Å²) in [7, 11) is 1.68. The van der Waals surface area contributed by atoms with Crippen molar-refractivity contribution in [3.63, 3.8) is 0 Å². The van der Waals surface area contributed by atoms with E-state index in [1.807, 2.05) is 30.3 Å². The van der Waals surface area contributed by atoms with Crippen LogP contribution in [0.1, 0.15) is 36.5 Å². The van der Waals surface area contributed by atoms with Crippen LogP contribution in [-0.4, -0.2) is 18.3 Å². The minimum atomic E-state index is 0.0836. The second-order valence-corrected chi connectivity index (χ2v) is 5.66. The molecule has 0 spiro atoms. The molecule has 2 aromatic carbocycles. The predicted molar refractivity (Wildman–Crippen MR) is 90.1 cm³/mol. The summed E-state index contributed by atoms with van der Waals surface area (Å²) in [4.78, 5) is 0. The number of hydrogen-bond donors (Lipinski definition) is 2. The van der Waals surface area contributed by atoms with Gasteiger partial charge in [0.1, 0.15) is 5.75 Å². The highest BCUT2D eigenvalue weighted by atomic mass is 16.5. The standard InChI is InChI=1S/C19H25NO2/c1-14(16-8-10-19(22-3)11-9-16)15(2)20-12-17-6-4-5-7-18(17)13-21/h4-11,14-15,20-21H,12-13H2,1-3H3. The van der Waals surface area contributed by atoms with Gasteiger partial charge in [-0.25, -0.2) is 0 Å². The number of ether oxygens (including phenoxy) is 1. The third-order valence-corrected chi connectivity index (χ3v) is 4.29. The van der Waals surface area contributed by atoms with Crippen molar-refractivity contribution in [2.24, 2.45) is 0 Å². The van der Waals surface area contributed by atoms with Crippen molar-refractivity contribution in [3.05, 3.63) is 65.2 Å². The lowest BCUT2D eigenvalue weighted by Gasteiger charge is -2.22. The molecule has 0 aliphatic heterocycles. The van der Waals surface area contributed by atoms with Crippen molar-refractivity contribution >= 4 is 0 Å². The van der Waals surface area contributed by atoms with Crippen molar-refractivity contribution in [2.75, 3.05) is 7.11 Å². The first-order valence-corrected chi connectivity index (χ1v) is 7.70. The summed E-state index contributed by atoms with van der Waals surface area (Å²) in [5.41, 5.74) is 3.43. The molecule has 2 N–H and O–H groups in total. The molecule has 2 unspecified atom stereocenters. The van der Waals surface area contributed by atoms with E-state index in [1.165, 1.54) is 5.56 Å². The van der Waals surface area contributed by atoms with Gasteiger partial charge >= 0.3 is 0 Å². The summed E-state index contributed by atoms with van der Waals surface area (Å²) < 4.78 is 5.20. The summed E-state index contributed by atoms with van der Waals surface area (Å²) in [5, 5.41) is 12.9. The summed E-state index contributed by atoms with van der Waals surface area (Å²) in [5.74, 6) is 1.28. The SMILES string of the molecule is COc1ccc(C(C)C(C)NCc2ccccc2CO)cc1. The van der Waals surface area contributed by atoms with Crippen molar-refractivity contribution in [3.8, 4) is 5.75 Å². The molecule has 0 aromatic heterocycles. The van der Waals surface area contributed by atoms with Gasteiger partial charge in [-0.3, -0.25) is 0 Å². The molecular formula is C19H25NO2. The van der Waals surface area contributed by atoms with Crippen molar-refractivity contribution < 1.29 is 9.84 Å². The summed E-state index contributed by atoms with van der Waals surface area (Å²) in [6, 6.07) is 16.6. The number of hydrogen-bond acceptors (Lipinski definition) is 3. The van der Waals surface area contributed by atoms with Crippen molar-refractivity contribution in [1.29, 1.82) is 0 Å². The van der Waals surface area contributed by atoms with Gasteiger partial charge in [0, 0.05) is 12.6 Å². The Kier molecular flexibility index (Phi) is 5.99. The molecule has 0 fully saturated rings. The smallest absolute Gasteiger partial charge is 0.118 e. The minimum absolute atomic E-state index is 0.0836. The van der Waals surface area contributed by atoms with E-state index >= 15 is 0 Å². The highest BCUT2D eigenvalue weighted by Gasteiger charge is 2.14. The summed E-state index contributed by atoms with van der Waals surface area (Å²) >= 11 is 0. The van der Waals surface area contributed by atoms with Crippen LogP contribution >= 0.6 is 0 Å². The number of benzene rings is 2. The Bertz CT molecular complexity index is 580. The van der Waals surface area contributed by atoms with Crippen LogP contribution in [-0.2, 0) is 13.2 Å². The van der Waals surface area contributed by atoms with Crippen LogP contribution in [0, 0.1) is 0 Å². The molecule has 0 saturated carbocycles. The molecule has 0 bridgehead atoms. The molecule has 3 nitrogen and oxygen atoms in total. The monoisotopic (exact) mass is 299 g/mol. The zero-order chi connectivity index (χ0) is 15.9. The maximum atomic E-state index is 9.38. The number of aliphatic hydroxyl groups is 1. The van der Waals surface area contributed by atoms with Gasteiger partial charge in [-0.1, -0.05) is 43.3 Å².